The standard InChI is InChI=1S/C11H17ClN4/c12-11-10(15-5-6-16-11)8-14-7-9-1-3-13-4-2-9/h5-6,9,13-14H,1-4,7-8H2. The molecule has 0 radical (unpaired) electrons. The van der Waals surface area contributed by atoms with Crippen LogP contribution in [0.15, 0.2) is 12.4 Å². The van der Waals surface area contributed by atoms with Crippen molar-refractivity contribution in [3.63, 3.8) is 0 Å². The highest BCUT2D eigenvalue weighted by molar-refractivity contribution is 6.29. The van der Waals surface area contributed by atoms with Crippen LogP contribution in [-0.2, 0) is 6.54 Å². The molecule has 16 heavy (non-hydrogen) atoms. The Morgan fingerprint density at radius 3 is 2.81 bits per heavy atom. The maximum absolute atomic E-state index is 5.92. The number of nitrogens with one attached hydrogen (secondary N) is 2. The Morgan fingerprint density at radius 2 is 2.06 bits per heavy atom. The van der Waals surface area contributed by atoms with Crippen LogP contribution in [-0.4, -0.2) is 29.6 Å². The van der Waals surface area contributed by atoms with Crippen molar-refractivity contribution in [3.8, 4) is 0 Å². The van der Waals surface area contributed by atoms with Gasteiger partial charge in [-0.15, -0.1) is 0 Å². The Morgan fingerprint density at radius 1 is 1.31 bits per heavy atom. The van der Waals surface area contributed by atoms with Gasteiger partial charge >= 0.3 is 0 Å². The molecule has 2 rings (SSSR count). The molecule has 88 valence electrons. The van der Waals surface area contributed by atoms with Crippen LogP contribution in [0.1, 0.15) is 18.5 Å². The fourth-order valence-corrected chi connectivity index (χ4v) is 2.12. The van der Waals surface area contributed by atoms with E-state index in [-0.39, 0.29) is 0 Å². The van der Waals surface area contributed by atoms with E-state index in [0.29, 0.717) is 11.7 Å². The van der Waals surface area contributed by atoms with Crippen molar-refractivity contribution >= 4 is 11.6 Å². The SMILES string of the molecule is Clc1nccnc1CNCC1CCNCC1. The highest BCUT2D eigenvalue weighted by atomic mass is 35.5. The molecule has 1 aromatic heterocycles. The van der Waals surface area contributed by atoms with Crippen LogP contribution in [0.25, 0.3) is 0 Å². The third kappa shape index (κ3) is 3.40. The van der Waals surface area contributed by atoms with Crippen LogP contribution in [0.2, 0.25) is 5.15 Å². The van der Waals surface area contributed by atoms with Crippen LogP contribution >= 0.6 is 11.6 Å². The van der Waals surface area contributed by atoms with Crippen LogP contribution in [0, 0.1) is 5.92 Å². The average molecular weight is 241 g/mol. The third-order valence-electron chi connectivity index (χ3n) is 2.91. The molecule has 0 aliphatic carbocycles. The number of aromatic nitrogens is 2. The molecule has 1 aliphatic heterocycles. The van der Waals surface area contributed by atoms with E-state index in [1.807, 2.05) is 0 Å². The molecule has 0 unspecified atom stereocenters. The quantitative estimate of drug-likeness (QED) is 0.831. The molecule has 4 nitrogen and oxygen atoms in total. The average Bonchev–Trinajstić information content (AvgIpc) is 2.33. The van der Waals surface area contributed by atoms with Gasteiger partial charge in [0, 0.05) is 18.9 Å². The van der Waals surface area contributed by atoms with E-state index in [9.17, 15) is 0 Å². The maximum atomic E-state index is 5.92. The minimum Gasteiger partial charge on any atom is -0.317 e. The Bertz CT molecular complexity index is 326. The maximum Gasteiger partial charge on any atom is 0.151 e. The van der Waals surface area contributed by atoms with Gasteiger partial charge in [0.2, 0.25) is 0 Å². The van der Waals surface area contributed by atoms with Crippen molar-refractivity contribution in [3.05, 3.63) is 23.2 Å². The smallest absolute Gasteiger partial charge is 0.151 e. The third-order valence-corrected chi connectivity index (χ3v) is 3.22. The largest absolute Gasteiger partial charge is 0.317 e. The Labute approximate surface area is 101 Å². The molecule has 0 spiro atoms. The second kappa shape index (κ2) is 6.13. The summed E-state index contributed by atoms with van der Waals surface area (Å²) in [7, 11) is 0. The molecule has 0 aromatic carbocycles. The second-order valence-electron chi connectivity index (χ2n) is 4.12. The lowest BCUT2D eigenvalue weighted by Crippen LogP contribution is -2.33. The van der Waals surface area contributed by atoms with Gasteiger partial charge in [-0.25, -0.2) is 4.98 Å². The number of hydrogen-bond donors (Lipinski definition) is 2. The van der Waals surface area contributed by atoms with E-state index in [2.05, 4.69) is 20.6 Å². The Hall–Kier alpha value is -0.710. The molecule has 2 heterocycles. The van der Waals surface area contributed by atoms with Crippen molar-refractivity contribution in [2.75, 3.05) is 19.6 Å². The van der Waals surface area contributed by atoms with Crippen LogP contribution in [0.3, 0.4) is 0 Å². The first-order valence-electron chi connectivity index (χ1n) is 5.73. The Balaban J connectivity index is 1.73. The van der Waals surface area contributed by atoms with Gasteiger partial charge in [-0.1, -0.05) is 11.6 Å². The van der Waals surface area contributed by atoms with Crippen LogP contribution < -0.4 is 10.6 Å². The van der Waals surface area contributed by atoms with Crippen molar-refractivity contribution < 1.29 is 0 Å². The molecule has 0 amide bonds. The summed E-state index contributed by atoms with van der Waals surface area (Å²) in [6, 6.07) is 0. The first-order chi connectivity index (χ1) is 7.86. The molecule has 0 atom stereocenters. The normalized spacial score (nSPS) is 17.6. The summed E-state index contributed by atoms with van der Waals surface area (Å²) in [5, 5.41) is 7.26. The van der Waals surface area contributed by atoms with Gasteiger partial charge in [0.25, 0.3) is 0 Å². The first-order valence-corrected chi connectivity index (χ1v) is 6.11. The summed E-state index contributed by atoms with van der Waals surface area (Å²) in [5.41, 5.74) is 0.832. The summed E-state index contributed by atoms with van der Waals surface area (Å²) in [4.78, 5) is 8.19. The highest BCUT2D eigenvalue weighted by Gasteiger charge is 2.12. The van der Waals surface area contributed by atoms with E-state index >= 15 is 0 Å². The number of rotatable bonds is 4. The molecule has 1 aromatic rings. The fraction of sp³-hybridized carbons (Fsp3) is 0.636. The molecule has 5 heteroatoms. The monoisotopic (exact) mass is 240 g/mol. The molecular weight excluding hydrogens is 224 g/mol. The molecule has 0 bridgehead atoms. The van der Waals surface area contributed by atoms with Gasteiger partial charge in [0.05, 0.1) is 5.69 Å². The van der Waals surface area contributed by atoms with E-state index in [1.54, 1.807) is 12.4 Å². The lowest BCUT2D eigenvalue weighted by Gasteiger charge is -2.22. The molecule has 1 fully saturated rings. The lowest BCUT2D eigenvalue weighted by atomic mass is 9.98. The second-order valence-corrected chi connectivity index (χ2v) is 4.48. The van der Waals surface area contributed by atoms with Crippen molar-refractivity contribution in [2.45, 2.75) is 19.4 Å². The van der Waals surface area contributed by atoms with Gasteiger partial charge in [0.1, 0.15) is 0 Å². The van der Waals surface area contributed by atoms with Gasteiger partial charge in [-0.2, -0.15) is 0 Å². The number of piperidine rings is 1. The van der Waals surface area contributed by atoms with E-state index in [4.69, 9.17) is 11.6 Å². The predicted octanol–water partition coefficient (Wildman–Crippen LogP) is 1.22. The Kier molecular flexibility index (Phi) is 4.51. The molecule has 1 aliphatic rings. The summed E-state index contributed by atoms with van der Waals surface area (Å²) in [6.07, 6.45) is 5.79. The molecule has 1 saturated heterocycles. The molecule has 0 saturated carbocycles. The minimum atomic E-state index is 0.500. The van der Waals surface area contributed by atoms with Crippen molar-refractivity contribution in [2.24, 2.45) is 5.92 Å². The van der Waals surface area contributed by atoms with Crippen molar-refractivity contribution in [1.29, 1.82) is 0 Å². The first kappa shape index (κ1) is 11.8. The summed E-state index contributed by atoms with van der Waals surface area (Å²) >= 11 is 5.92. The van der Waals surface area contributed by atoms with Crippen LogP contribution in [0.4, 0.5) is 0 Å². The molecular formula is C11H17ClN4. The van der Waals surface area contributed by atoms with Gasteiger partial charge in [-0.05, 0) is 38.4 Å². The zero-order valence-electron chi connectivity index (χ0n) is 9.25. The lowest BCUT2D eigenvalue weighted by molar-refractivity contribution is 0.356. The van der Waals surface area contributed by atoms with Gasteiger partial charge in [0.15, 0.2) is 5.15 Å². The van der Waals surface area contributed by atoms with Crippen LogP contribution in [0.5, 0.6) is 0 Å². The predicted molar refractivity (Wildman–Crippen MR) is 64.3 cm³/mol. The number of hydrogen-bond acceptors (Lipinski definition) is 4. The van der Waals surface area contributed by atoms with Gasteiger partial charge < -0.3 is 10.6 Å². The zero-order chi connectivity index (χ0) is 11.2. The van der Waals surface area contributed by atoms with Gasteiger partial charge in [-0.3, -0.25) is 4.98 Å². The minimum absolute atomic E-state index is 0.500. The topological polar surface area (TPSA) is 49.8 Å². The number of nitrogens with zero attached hydrogens (tertiary/aromatic N) is 2. The summed E-state index contributed by atoms with van der Waals surface area (Å²) in [6.45, 7) is 4.02. The zero-order valence-corrected chi connectivity index (χ0v) is 10.0. The van der Waals surface area contributed by atoms with E-state index in [0.717, 1.165) is 31.2 Å². The van der Waals surface area contributed by atoms with E-state index < -0.39 is 0 Å². The van der Waals surface area contributed by atoms with Crippen molar-refractivity contribution in [1.82, 2.24) is 20.6 Å². The summed E-state index contributed by atoms with van der Waals surface area (Å²) in [5.74, 6) is 0.775. The highest BCUT2D eigenvalue weighted by Crippen LogP contribution is 2.11. The summed E-state index contributed by atoms with van der Waals surface area (Å²) < 4.78 is 0. The fourth-order valence-electron chi connectivity index (χ4n) is 1.95. The number of halogens is 1. The van der Waals surface area contributed by atoms with E-state index in [1.165, 1.54) is 12.8 Å². The molecule has 2 N–H and O–H groups in total.